The van der Waals surface area contributed by atoms with Crippen molar-refractivity contribution < 1.29 is 0 Å². The van der Waals surface area contributed by atoms with Crippen LogP contribution in [0, 0.1) is 17.8 Å². The smallest absolute Gasteiger partial charge is 0.174 e. The summed E-state index contributed by atoms with van der Waals surface area (Å²) < 4.78 is 0. The number of aromatic nitrogens is 2. The zero-order valence-corrected chi connectivity index (χ0v) is 25.0. The van der Waals surface area contributed by atoms with E-state index in [1.807, 2.05) is 36.5 Å². The molecule has 3 rings (SSSR count). The average Bonchev–Trinajstić information content (AvgIpc) is 2.84. The zero-order chi connectivity index (χ0) is 28.0. The molecule has 2 aromatic carbocycles. The second-order valence-electron chi connectivity index (χ2n) is 11.9. The summed E-state index contributed by atoms with van der Waals surface area (Å²) in [5, 5.41) is 7.16. The fourth-order valence-corrected chi connectivity index (χ4v) is 5.19. The summed E-state index contributed by atoms with van der Waals surface area (Å²) in [6.45, 7) is 22.5. The molecule has 0 spiro atoms. The van der Waals surface area contributed by atoms with Gasteiger partial charge in [0, 0.05) is 16.9 Å². The molecule has 38 heavy (non-hydrogen) atoms. The molecule has 0 amide bonds. The van der Waals surface area contributed by atoms with Crippen LogP contribution >= 0.6 is 0 Å². The summed E-state index contributed by atoms with van der Waals surface area (Å²) in [6, 6.07) is 18.6. The lowest BCUT2D eigenvalue weighted by Gasteiger charge is -2.26. The van der Waals surface area contributed by atoms with Gasteiger partial charge in [-0.3, -0.25) is 0 Å². The molecule has 4 nitrogen and oxygen atoms in total. The molecule has 3 aromatic rings. The van der Waals surface area contributed by atoms with E-state index in [4.69, 9.17) is 9.97 Å². The quantitative estimate of drug-likeness (QED) is 0.281. The number of hydrogen-bond donors (Lipinski definition) is 2. The topological polar surface area (TPSA) is 49.8 Å². The summed E-state index contributed by atoms with van der Waals surface area (Å²) in [4.78, 5) is 10.3. The Balaban J connectivity index is 2.28. The van der Waals surface area contributed by atoms with Crippen LogP contribution < -0.4 is 10.6 Å². The van der Waals surface area contributed by atoms with Crippen LogP contribution in [0.3, 0.4) is 0 Å². The molecule has 202 valence electrons. The van der Waals surface area contributed by atoms with Crippen LogP contribution in [0.1, 0.15) is 80.5 Å². The van der Waals surface area contributed by atoms with Gasteiger partial charge in [0.2, 0.25) is 0 Å². The summed E-state index contributed by atoms with van der Waals surface area (Å²) in [5.41, 5.74) is 8.06. The summed E-state index contributed by atoms with van der Waals surface area (Å²) in [5.74, 6) is 2.56. The van der Waals surface area contributed by atoms with Gasteiger partial charge in [-0.25, -0.2) is 9.97 Å². The van der Waals surface area contributed by atoms with E-state index in [1.165, 1.54) is 22.3 Å². The number of hydrogen-bond acceptors (Lipinski definition) is 4. The number of rotatable bonds is 9. The minimum atomic E-state index is -0.0229. The minimum absolute atomic E-state index is 0.0229. The van der Waals surface area contributed by atoms with Crippen molar-refractivity contribution in [1.29, 1.82) is 0 Å². The first-order chi connectivity index (χ1) is 17.9. The van der Waals surface area contributed by atoms with Crippen molar-refractivity contribution in [1.82, 2.24) is 9.97 Å². The molecule has 0 aliphatic carbocycles. The molecule has 0 unspecified atom stereocenters. The van der Waals surface area contributed by atoms with Gasteiger partial charge in [-0.2, -0.15) is 0 Å². The van der Waals surface area contributed by atoms with Crippen LogP contribution in [0.25, 0.3) is 5.57 Å². The van der Waals surface area contributed by atoms with E-state index in [-0.39, 0.29) is 5.41 Å². The molecule has 0 aliphatic rings. The van der Waals surface area contributed by atoms with Gasteiger partial charge in [0.05, 0.1) is 11.9 Å². The van der Waals surface area contributed by atoms with Crippen molar-refractivity contribution in [2.24, 2.45) is 17.8 Å². The molecule has 0 atom stereocenters. The fraction of sp³-hybridized carbons (Fsp3) is 0.412. The van der Waals surface area contributed by atoms with Crippen LogP contribution in [0.5, 0.6) is 0 Å². The molecule has 0 aliphatic heterocycles. The van der Waals surface area contributed by atoms with Crippen molar-refractivity contribution in [2.75, 3.05) is 10.6 Å². The van der Waals surface area contributed by atoms with Crippen LogP contribution in [0.4, 0.5) is 23.0 Å². The Morgan fingerprint density at radius 3 is 1.92 bits per heavy atom. The molecule has 0 fully saturated rings. The second-order valence-corrected chi connectivity index (χ2v) is 11.9. The maximum Gasteiger partial charge on any atom is 0.174 e. The highest BCUT2D eigenvalue weighted by molar-refractivity contribution is 5.83. The Bertz CT molecular complexity index is 1270. The van der Waals surface area contributed by atoms with Crippen LogP contribution in [0.15, 0.2) is 78.0 Å². The maximum atomic E-state index is 5.29. The SMILES string of the molecule is C/C=C(\C(=C(C(C)C)C(C)C)c1cnc(Nc2ccccc2)c(Nc2ccccc2C(C)(C)C)n1)C(C)C. The third-order valence-corrected chi connectivity index (χ3v) is 6.81. The summed E-state index contributed by atoms with van der Waals surface area (Å²) in [6.07, 6.45) is 4.17. The van der Waals surface area contributed by atoms with E-state index in [0.29, 0.717) is 29.4 Å². The highest BCUT2D eigenvalue weighted by Gasteiger charge is 2.24. The normalized spacial score (nSPS) is 12.3. The first-order valence-electron chi connectivity index (χ1n) is 13.9. The van der Waals surface area contributed by atoms with Crippen molar-refractivity contribution in [3.8, 4) is 0 Å². The van der Waals surface area contributed by atoms with Crippen LogP contribution in [-0.2, 0) is 5.41 Å². The lowest BCUT2D eigenvalue weighted by Crippen LogP contribution is -2.15. The largest absolute Gasteiger partial charge is 0.337 e. The Morgan fingerprint density at radius 1 is 0.763 bits per heavy atom. The zero-order valence-electron chi connectivity index (χ0n) is 25.0. The van der Waals surface area contributed by atoms with Gasteiger partial charge in [0.1, 0.15) is 0 Å². The highest BCUT2D eigenvalue weighted by Crippen LogP contribution is 2.39. The van der Waals surface area contributed by atoms with E-state index in [0.717, 1.165) is 17.1 Å². The monoisotopic (exact) mass is 510 g/mol. The van der Waals surface area contributed by atoms with Crippen molar-refractivity contribution >= 4 is 28.6 Å². The number of nitrogens with one attached hydrogen (secondary N) is 2. The Hall–Kier alpha value is -3.40. The third-order valence-electron chi connectivity index (χ3n) is 6.81. The maximum absolute atomic E-state index is 5.29. The summed E-state index contributed by atoms with van der Waals surface area (Å²) in [7, 11) is 0. The second kappa shape index (κ2) is 12.4. The standard InChI is InChI=1S/C34H46N4/c1-11-26(22(2)3)31(30(23(4)5)24(6)7)29-21-35-32(36-25-17-13-12-14-18-25)33(38-29)37-28-20-16-15-19-27(28)34(8,9)10/h11-24H,1-10H3,(H,35,36)(H,37,38)/b26-11-. The molecule has 1 aromatic heterocycles. The van der Waals surface area contributed by atoms with Gasteiger partial charge in [0.25, 0.3) is 0 Å². The number of para-hydroxylation sites is 2. The van der Waals surface area contributed by atoms with Gasteiger partial charge >= 0.3 is 0 Å². The van der Waals surface area contributed by atoms with Gasteiger partial charge in [0.15, 0.2) is 11.6 Å². The molecule has 0 saturated heterocycles. The predicted octanol–water partition coefficient (Wildman–Crippen LogP) is 9.93. The summed E-state index contributed by atoms with van der Waals surface area (Å²) >= 11 is 0. The van der Waals surface area contributed by atoms with Crippen molar-refractivity contribution in [2.45, 2.75) is 74.7 Å². The minimum Gasteiger partial charge on any atom is -0.337 e. The van der Waals surface area contributed by atoms with Crippen LogP contribution in [0.2, 0.25) is 0 Å². The number of anilines is 4. The fourth-order valence-electron chi connectivity index (χ4n) is 5.19. The average molecular weight is 511 g/mol. The Kier molecular flexibility index (Phi) is 9.54. The predicted molar refractivity (Wildman–Crippen MR) is 165 cm³/mol. The van der Waals surface area contributed by atoms with Gasteiger partial charge in [-0.15, -0.1) is 0 Å². The highest BCUT2D eigenvalue weighted by atomic mass is 15.1. The van der Waals surface area contributed by atoms with E-state index < -0.39 is 0 Å². The van der Waals surface area contributed by atoms with E-state index in [2.05, 4.69) is 110 Å². The van der Waals surface area contributed by atoms with Crippen molar-refractivity contribution in [3.05, 3.63) is 89.3 Å². The van der Waals surface area contributed by atoms with Crippen molar-refractivity contribution in [3.63, 3.8) is 0 Å². The molecule has 4 heteroatoms. The molecule has 0 radical (unpaired) electrons. The van der Waals surface area contributed by atoms with E-state index in [1.54, 1.807) is 0 Å². The Morgan fingerprint density at radius 2 is 1.37 bits per heavy atom. The molecule has 2 N–H and O–H groups in total. The lowest BCUT2D eigenvalue weighted by molar-refractivity contribution is 0.592. The molecule has 0 saturated carbocycles. The Labute approximate surface area is 230 Å². The number of allylic oxidation sites excluding steroid dienone is 4. The van der Waals surface area contributed by atoms with Crippen LogP contribution in [-0.4, -0.2) is 9.97 Å². The first-order valence-corrected chi connectivity index (χ1v) is 13.9. The van der Waals surface area contributed by atoms with Gasteiger partial charge < -0.3 is 10.6 Å². The van der Waals surface area contributed by atoms with Gasteiger partial charge in [-0.1, -0.05) is 110 Å². The van der Waals surface area contributed by atoms with E-state index >= 15 is 0 Å². The molecule has 0 bridgehead atoms. The third kappa shape index (κ3) is 6.92. The first kappa shape index (κ1) is 29.2. The molecular formula is C34H46N4. The van der Waals surface area contributed by atoms with Gasteiger partial charge in [-0.05, 0) is 59.4 Å². The number of benzene rings is 2. The molecular weight excluding hydrogens is 464 g/mol. The molecule has 1 heterocycles. The lowest BCUT2D eigenvalue weighted by atomic mass is 9.81. The number of nitrogens with zero attached hydrogens (tertiary/aromatic N) is 2. The van der Waals surface area contributed by atoms with E-state index in [9.17, 15) is 0 Å².